The zero-order valence-electron chi connectivity index (χ0n) is 10.7. The van der Waals surface area contributed by atoms with E-state index in [1.54, 1.807) is 36.0 Å². The fraction of sp³-hybridized carbons (Fsp3) is 0.231. The molecular formula is C13H15ClN4O. The van der Waals surface area contributed by atoms with Gasteiger partial charge in [0.05, 0.1) is 16.9 Å². The third-order valence-electron chi connectivity index (χ3n) is 2.76. The summed E-state index contributed by atoms with van der Waals surface area (Å²) < 4.78 is 1.61. The number of nitrogens with zero attached hydrogens (tertiary/aromatic N) is 2. The van der Waals surface area contributed by atoms with Crippen LogP contribution in [0.2, 0.25) is 5.02 Å². The van der Waals surface area contributed by atoms with Crippen LogP contribution in [-0.2, 0) is 4.79 Å². The van der Waals surface area contributed by atoms with Crippen LogP contribution in [0.1, 0.15) is 18.5 Å². The Bertz CT molecular complexity index is 608. The first-order valence-corrected chi connectivity index (χ1v) is 6.22. The summed E-state index contributed by atoms with van der Waals surface area (Å²) in [4.78, 5) is 12.1. The summed E-state index contributed by atoms with van der Waals surface area (Å²) in [5, 5.41) is 7.29. The van der Waals surface area contributed by atoms with Gasteiger partial charge in [-0.1, -0.05) is 11.6 Å². The molecule has 0 aliphatic carbocycles. The van der Waals surface area contributed by atoms with Crippen molar-refractivity contribution in [2.45, 2.75) is 19.9 Å². The number of aryl methyl sites for hydroxylation is 1. The van der Waals surface area contributed by atoms with Crippen LogP contribution in [0.25, 0.3) is 0 Å². The average Bonchev–Trinajstić information content (AvgIpc) is 2.78. The van der Waals surface area contributed by atoms with Gasteiger partial charge in [0.25, 0.3) is 0 Å². The fourth-order valence-corrected chi connectivity index (χ4v) is 1.87. The first-order valence-electron chi connectivity index (χ1n) is 5.84. The highest BCUT2D eigenvalue weighted by molar-refractivity contribution is 6.34. The highest BCUT2D eigenvalue weighted by Crippen LogP contribution is 2.24. The van der Waals surface area contributed by atoms with Gasteiger partial charge in [0.2, 0.25) is 5.91 Å². The van der Waals surface area contributed by atoms with Gasteiger partial charge in [-0.15, -0.1) is 0 Å². The Morgan fingerprint density at radius 3 is 2.84 bits per heavy atom. The maximum absolute atomic E-state index is 12.1. The Hall–Kier alpha value is -2.01. The number of nitrogen functional groups attached to an aromatic ring is 1. The zero-order valence-corrected chi connectivity index (χ0v) is 11.5. The molecule has 1 heterocycles. The largest absolute Gasteiger partial charge is 0.399 e. The molecule has 1 aromatic carbocycles. The summed E-state index contributed by atoms with van der Waals surface area (Å²) in [6.07, 6.45) is 3.52. The smallest absolute Gasteiger partial charge is 0.248 e. The van der Waals surface area contributed by atoms with E-state index < -0.39 is 6.04 Å². The maximum Gasteiger partial charge on any atom is 0.248 e. The predicted molar refractivity (Wildman–Crippen MR) is 76.2 cm³/mol. The van der Waals surface area contributed by atoms with Crippen LogP contribution < -0.4 is 11.1 Å². The number of halogens is 1. The molecule has 1 atom stereocenters. The molecule has 1 aromatic heterocycles. The summed E-state index contributed by atoms with van der Waals surface area (Å²) in [5.41, 5.74) is 7.70. The number of carbonyl (C=O) groups is 1. The molecule has 19 heavy (non-hydrogen) atoms. The lowest BCUT2D eigenvalue weighted by molar-refractivity contribution is -0.119. The monoisotopic (exact) mass is 278 g/mol. The van der Waals surface area contributed by atoms with Crippen LogP contribution in [0.3, 0.4) is 0 Å². The number of aromatic nitrogens is 2. The van der Waals surface area contributed by atoms with Gasteiger partial charge < -0.3 is 11.1 Å². The van der Waals surface area contributed by atoms with E-state index in [-0.39, 0.29) is 5.91 Å². The number of amides is 1. The second-order valence-electron chi connectivity index (χ2n) is 4.40. The van der Waals surface area contributed by atoms with Crippen LogP contribution in [0, 0.1) is 6.92 Å². The predicted octanol–water partition coefficient (Wildman–Crippen LogP) is 2.63. The minimum Gasteiger partial charge on any atom is -0.399 e. The number of carbonyl (C=O) groups excluding carboxylic acids is 1. The number of hydrogen-bond donors (Lipinski definition) is 2. The number of benzene rings is 1. The van der Waals surface area contributed by atoms with E-state index in [4.69, 9.17) is 17.3 Å². The van der Waals surface area contributed by atoms with Gasteiger partial charge in [-0.2, -0.15) is 5.10 Å². The van der Waals surface area contributed by atoms with Gasteiger partial charge in [0.1, 0.15) is 6.04 Å². The lowest BCUT2D eigenvalue weighted by Gasteiger charge is -2.13. The molecular weight excluding hydrogens is 264 g/mol. The molecule has 1 unspecified atom stereocenters. The van der Waals surface area contributed by atoms with E-state index in [1.807, 2.05) is 13.1 Å². The molecule has 6 heteroatoms. The number of rotatable bonds is 3. The molecule has 0 saturated heterocycles. The normalized spacial score (nSPS) is 12.2. The molecule has 3 N–H and O–H groups in total. The number of nitrogens with one attached hydrogen (secondary N) is 1. The molecule has 0 saturated carbocycles. The van der Waals surface area contributed by atoms with Gasteiger partial charge in [0, 0.05) is 11.9 Å². The standard InChI is InChI=1S/C13H15ClN4O/c1-8-6-16-18(7-8)9(2)13(19)17-12-4-3-10(15)5-11(12)14/h3-7,9H,15H2,1-2H3,(H,17,19). The van der Waals surface area contributed by atoms with Crippen molar-refractivity contribution in [1.82, 2.24) is 9.78 Å². The third kappa shape index (κ3) is 3.06. The van der Waals surface area contributed by atoms with Crippen molar-refractivity contribution in [3.8, 4) is 0 Å². The van der Waals surface area contributed by atoms with E-state index in [9.17, 15) is 4.79 Å². The van der Waals surface area contributed by atoms with Crippen LogP contribution in [0.4, 0.5) is 11.4 Å². The van der Waals surface area contributed by atoms with Crippen LogP contribution in [0.5, 0.6) is 0 Å². The molecule has 1 amide bonds. The van der Waals surface area contributed by atoms with Crippen molar-refractivity contribution in [1.29, 1.82) is 0 Å². The molecule has 0 radical (unpaired) electrons. The summed E-state index contributed by atoms with van der Waals surface area (Å²) >= 11 is 6.01. The van der Waals surface area contributed by atoms with Crippen molar-refractivity contribution >= 4 is 28.9 Å². The van der Waals surface area contributed by atoms with E-state index in [0.29, 0.717) is 16.4 Å². The van der Waals surface area contributed by atoms with Crippen LogP contribution >= 0.6 is 11.6 Å². The van der Waals surface area contributed by atoms with E-state index in [2.05, 4.69) is 10.4 Å². The van der Waals surface area contributed by atoms with E-state index >= 15 is 0 Å². The van der Waals surface area contributed by atoms with Gasteiger partial charge in [-0.3, -0.25) is 9.48 Å². The Balaban J connectivity index is 2.12. The minimum absolute atomic E-state index is 0.185. The third-order valence-corrected chi connectivity index (χ3v) is 3.07. The Labute approximate surface area is 116 Å². The molecule has 0 fully saturated rings. The van der Waals surface area contributed by atoms with Crippen LogP contribution in [-0.4, -0.2) is 15.7 Å². The molecule has 0 bridgehead atoms. The summed E-state index contributed by atoms with van der Waals surface area (Å²) in [7, 11) is 0. The quantitative estimate of drug-likeness (QED) is 0.848. The Kier molecular flexibility index (Phi) is 3.76. The Morgan fingerprint density at radius 2 is 2.26 bits per heavy atom. The van der Waals surface area contributed by atoms with Crippen LogP contribution in [0.15, 0.2) is 30.6 Å². The summed E-state index contributed by atoms with van der Waals surface area (Å²) in [6, 6.07) is 4.54. The van der Waals surface area contributed by atoms with E-state index in [1.165, 1.54) is 0 Å². The molecule has 100 valence electrons. The lowest BCUT2D eigenvalue weighted by Crippen LogP contribution is -2.24. The summed E-state index contributed by atoms with van der Waals surface area (Å²) in [6.45, 7) is 3.69. The van der Waals surface area contributed by atoms with Gasteiger partial charge >= 0.3 is 0 Å². The second-order valence-corrected chi connectivity index (χ2v) is 4.81. The Morgan fingerprint density at radius 1 is 1.53 bits per heavy atom. The minimum atomic E-state index is -0.415. The van der Waals surface area contributed by atoms with Crippen molar-refractivity contribution in [3.05, 3.63) is 41.2 Å². The van der Waals surface area contributed by atoms with Gasteiger partial charge in [-0.05, 0) is 37.6 Å². The highest BCUT2D eigenvalue weighted by Gasteiger charge is 2.16. The maximum atomic E-state index is 12.1. The molecule has 0 spiro atoms. The topological polar surface area (TPSA) is 72.9 Å². The molecule has 2 rings (SSSR count). The highest BCUT2D eigenvalue weighted by atomic mass is 35.5. The first-order chi connectivity index (χ1) is 8.97. The lowest BCUT2D eigenvalue weighted by atomic mass is 10.2. The average molecular weight is 279 g/mol. The second kappa shape index (κ2) is 5.32. The van der Waals surface area contributed by atoms with E-state index in [0.717, 1.165) is 5.56 Å². The molecule has 0 aliphatic rings. The van der Waals surface area contributed by atoms with Gasteiger partial charge in [-0.25, -0.2) is 0 Å². The van der Waals surface area contributed by atoms with Crippen molar-refractivity contribution < 1.29 is 4.79 Å². The van der Waals surface area contributed by atoms with Crippen molar-refractivity contribution in [2.24, 2.45) is 0 Å². The number of anilines is 2. The molecule has 0 aliphatic heterocycles. The van der Waals surface area contributed by atoms with Gasteiger partial charge in [0.15, 0.2) is 0 Å². The fourth-order valence-electron chi connectivity index (χ4n) is 1.63. The number of nitrogens with two attached hydrogens (primary N) is 1. The summed E-state index contributed by atoms with van der Waals surface area (Å²) in [5.74, 6) is -0.185. The number of hydrogen-bond acceptors (Lipinski definition) is 3. The molecule has 5 nitrogen and oxygen atoms in total. The van der Waals surface area contributed by atoms with Crippen molar-refractivity contribution in [3.63, 3.8) is 0 Å². The zero-order chi connectivity index (χ0) is 14.0. The molecule has 2 aromatic rings. The first kappa shape index (κ1) is 13.4. The van der Waals surface area contributed by atoms with Crippen molar-refractivity contribution in [2.75, 3.05) is 11.1 Å². The SMILES string of the molecule is Cc1cnn(C(C)C(=O)Nc2ccc(N)cc2Cl)c1.